The quantitative estimate of drug-likeness (QED) is 0.484. The minimum absolute atomic E-state index is 0.0344. The van der Waals surface area contributed by atoms with Crippen molar-refractivity contribution in [3.05, 3.63) is 70.8 Å². The number of hydrogen-bond acceptors (Lipinski definition) is 4. The normalized spacial score (nSPS) is 11.4. The number of halogens is 4. The summed E-state index contributed by atoms with van der Waals surface area (Å²) in [7, 11) is 0. The van der Waals surface area contributed by atoms with E-state index in [0.29, 0.717) is 10.4 Å². The Bertz CT molecular complexity index is 1030. The molecule has 6 nitrogen and oxygen atoms in total. The highest BCUT2D eigenvalue weighted by Crippen LogP contribution is 2.32. The van der Waals surface area contributed by atoms with Crippen molar-refractivity contribution in [2.45, 2.75) is 20.0 Å². The Kier molecular flexibility index (Phi) is 6.04. The predicted molar refractivity (Wildman–Crippen MR) is 100 cm³/mol. The van der Waals surface area contributed by atoms with E-state index < -0.39 is 29.3 Å². The van der Waals surface area contributed by atoms with Crippen LogP contribution in [0.15, 0.2) is 42.5 Å². The van der Waals surface area contributed by atoms with Crippen LogP contribution in [-0.2, 0) is 6.18 Å². The van der Waals surface area contributed by atoms with E-state index in [2.05, 4.69) is 15.6 Å². The number of amides is 1. The van der Waals surface area contributed by atoms with Crippen LogP contribution in [0.2, 0.25) is 0 Å². The molecular weight excluding hydrogens is 404 g/mol. The van der Waals surface area contributed by atoms with E-state index in [9.17, 15) is 22.4 Å². The van der Waals surface area contributed by atoms with Gasteiger partial charge in [-0.15, -0.1) is 5.10 Å². The minimum Gasteiger partial charge on any atom is -0.491 e. The Morgan fingerprint density at radius 1 is 1.10 bits per heavy atom. The molecule has 1 aromatic heterocycles. The molecule has 0 aliphatic rings. The van der Waals surface area contributed by atoms with Gasteiger partial charge >= 0.3 is 6.18 Å². The highest BCUT2D eigenvalue weighted by Gasteiger charge is 2.42. The fourth-order valence-electron chi connectivity index (χ4n) is 2.88. The van der Waals surface area contributed by atoms with Gasteiger partial charge in [-0.3, -0.25) is 4.79 Å². The molecule has 0 unspecified atom stereocenters. The third-order valence-electron chi connectivity index (χ3n) is 4.27. The van der Waals surface area contributed by atoms with Gasteiger partial charge in [0.15, 0.2) is 11.4 Å². The topological polar surface area (TPSA) is 69.0 Å². The molecule has 3 rings (SSSR count). The molecule has 0 aliphatic heterocycles. The SMILES string of the molecule is Cc1cccc(C)c1OCCNC(=O)c1nnn(-c2ccc(F)cc2)c1C(F)(F)F. The monoisotopic (exact) mass is 422 g/mol. The van der Waals surface area contributed by atoms with Gasteiger partial charge in [0.2, 0.25) is 0 Å². The van der Waals surface area contributed by atoms with E-state index in [1.807, 2.05) is 32.0 Å². The molecule has 10 heteroatoms. The van der Waals surface area contributed by atoms with Crippen LogP contribution in [0.25, 0.3) is 5.69 Å². The van der Waals surface area contributed by atoms with Crippen molar-refractivity contribution < 1.29 is 27.1 Å². The number of ether oxygens (including phenoxy) is 1. The Morgan fingerprint density at radius 2 is 1.73 bits per heavy atom. The third-order valence-corrected chi connectivity index (χ3v) is 4.27. The van der Waals surface area contributed by atoms with E-state index in [1.54, 1.807) is 0 Å². The van der Waals surface area contributed by atoms with E-state index in [1.165, 1.54) is 0 Å². The summed E-state index contributed by atoms with van der Waals surface area (Å²) in [6.07, 6.45) is -4.90. The van der Waals surface area contributed by atoms with Crippen molar-refractivity contribution in [3.8, 4) is 11.4 Å². The number of carbonyl (C=O) groups excluding carboxylic acids is 1. The second kappa shape index (κ2) is 8.52. The molecule has 0 saturated heterocycles. The van der Waals surface area contributed by atoms with E-state index in [-0.39, 0.29) is 18.8 Å². The molecule has 0 bridgehead atoms. The fourth-order valence-corrected chi connectivity index (χ4v) is 2.88. The van der Waals surface area contributed by atoms with Crippen molar-refractivity contribution in [3.63, 3.8) is 0 Å². The fraction of sp³-hybridized carbons (Fsp3) is 0.250. The van der Waals surface area contributed by atoms with Crippen molar-refractivity contribution in [2.75, 3.05) is 13.2 Å². The number of nitrogens with zero attached hydrogens (tertiary/aromatic N) is 3. The lowest BCUT2D eigenvalue weighted by Gasteiger charge is -2.13. The number of aryl methyl sites for hydroxylation is 2. The molecule has 2 aromatic carbocycles. The number of aromatic nitrogens is 3. The molecule has 3 aromatic rings. The lowest BCUT2D eigenvalue weighted by molar-refractivity contribution is -0.143. The zero-order valence-electron chi connectivity index (χ0n) is 16.1. The van der Waals surface area contributed by atoms with Gasteiger partial charge in [0.25, 0.3) is 5.91 Å². The van der Waals surface area contributed by atoms with Crippen LogP contribution >= 0.6 is 0 Å². The summed E-state index contributed by atoms with van der Waals surface area (Å²) < 4.78 is 59.9. The summed E-state index contributed by atoms with van der Waals surface area (Å²) in [5.74, 6) is -1.000. The summed E-state index contributed by atoms with van der Waals surface area (Å²) in [5.41, 5.74) is -0.486. The van der Waals surface area contributed by atoms with E-state index in [0.717, 1.165) is 35.4 Å². The first-order valence-corrected chi connectivity index (χ1v) is 8.94. The molecule has 0 atom stereocenters. The van der Waals surface area contributed by atoms with Crippen molar-refractivity contribution >= 4 is 5.91 Å². The Labute approximate surface area is 169 Å². The summed E-state index contributed by atoms with van der Waals surface area (Å²) in [4.78, 5) is 12.3. The maximum Gasteiger partial charge on any atom is 0.435 e. The van der Waals surface area contributed by atoms with Crippen LogP contribution in [0, 0.1) is 19.7 Å². The number of hydrogen-bond donors (Lipinski definition) is 1. The van der Waals surface area contributed by atoms with Gasteiger partial charge in [0.1, 0.15) is 18.2 Å². The van der Waals surface area contributed by atoms with Gasteiger partial charge in [-0.05, 0) is 49.2 Å². The highest BCUT2D eigenvalue weighted by molar-refractivity contribution is 5.93. The van der Waals surface area contributed by atoms with Crippen LogP contribution < -0.4 is 10.1 Å². The Morgan fingerprint density at radius 3 is 2.33 bits per heavy atom. The molecule has 1 amide bonds. The molecule has 0 aliphatic carbocycles. The second-order valence-electron chi connectivity index (χ2n) is 6.50. The molecular formula is C20H18F4N4O2. The lowest BCUT2D eigenvalue weighted by Crippen LogP contribution is -2.30. The standard InChI is InChI=1S/C20H18F4N4O2/c1-12-4-3-5-13(2)17(12)30-11-10-25-19(29)16-18(20(22,23)24)28(27-26-16)15-8-6-14(21)7-9-15/h3-9H,10-11H2,1-2H3,(H,25,29). The molecule has 1 heterocycles. The van der Waals surface area contributed by atoms with Gasteiger partial charge in [-0.25, -0.2) is 9.07 Å². The van der Waals surface area contributed by atoms with E-state index >= 15 is 0 Å². The summed E-state index contributed by atoms with van der Waals surface area (Å²) in [5, 5.41) is 9.18. The third kappa shape index (κ3) is 4.58. The second-order valence-corrected chi connectivity index (χ2v) is 6.50. The molecule has 0 saturated carbocycles. The number of para-hydroxylation sites is 1. The first-order valence-electron chi connectivity index (χ1n) is 8.94. The average Bonchev–Trinajstić information content (AvgIpc) is 3.13. The number of rotatable bonds is 6. The Hall–Kier alpha value is -3.43. The zero-order valence-corrected chi connectivity index (χ0v) is 16.1. The lowest BCUT2D eigenvalue weighted by atomic mass is 10.1. The van der Waals surface area contributed by atoms with Crippen molar-refractivity contribution in [1.29, 1.82) is 0 Å². The predicted octanol–water partition coefficient (Wildman–Crippen LogP) is 3.85. The van der Waals surface area contributed by atoms with E-state index in [4.69, 9.17) is 4.74 Å². The van der Waals surface area contributed by atoms with Gasteiger partial charge in [0.05, 0.1) is 12.2 Å². The molecule has 0 fully saturated rings. The summed E-state index contributed by atoms with van der Waals surface area (Å²) in [6, 6.07) is 9.80. The maximum absolute atomic E-state index is 13.6. The average molecular weight is 422 g/mol. The maximum atomic E-state index is 13.6. The van der Waals surface area contributed by atoms with Crippen LogP contribution in [0.1, 0.15) is 27.3 Å². The molecule has 0 radical (unpaired) electrons. The molecule has 1 N–H and O–H groups in total. The first kappa shape index (κ1) is 21.3. The molecule has 158 valence electrons. The molecule has 30 heavy (non-hydrogen) atoms. The van der Waals surface area contributed by atoms with Gasteiger partial charge in [-0.1, -0.05) is 23.4 Å². The van der Waals surface area contributed by atoms with Crippen LogP contribution in [0.3, 0.4) is 0 Å². The van der Waals surface area contributed by atoms with Crippen molar-refractivity contribution in [2.24, 2.45) is 0 Å². The number of benzene rings is 2. The largest absolute Gasteiger partial charge is 0.491 e. The van der Waals surface area contributed by atoms with Gasteiger partial charge < -0.3 is 10.1 Å². The first-order chi connectivity index (χ1) is 14.2. The van der Waals surface area contributed by atoms with Crippen LogP contribution in [-0.4, -0.2) is 34.1 Å². The number of carbonyl (C=O) groups is 1. The van der Waals surface area contributed by atoms with Gasteiger partial charge in [0, 0.05) is 0 Å². The number of alkyl halides is 3. The van der Waals surface area contributed by atoms with Crippen LogP contribution in [0.4, 0.5) is 17.6 Å². The summed E-state index contributed by atoms with van der Waals surface area (Å²) in [6.45, 7) is 3.76. The summed E-state index contributed by atoms with van der Waals surface area (Å²) >= 11 is 0. The Balaban J connectivity index is 1.73. The highest BCUT2D eigenvalue weighted by atomic mass is 19.4. The number of nitrogens with one attached hydrogen (secondary N) is 1. The zero-order chi connectivity index (χ0) is 21.9. The molecule has 0 spiro atoms. The van der Waals surface area contributed by atoms with Crippen molar-refractivity contribution in [1.82, 2.24) is 20.3 Å². The minimum atomic E-state index is -4.90. The smallest absolute Gasteiger partial charge is 0.435 e. The van der Waals surface area contributed by atoms with Gasteiger partial charge in [-0.2, -0.15) is 13.2 Å². The van der Waals surface area contributed by atoms with Crippen LogP contribution in [0.5, 0.6) is 5.75 Å².